The highest BCUT2D eigenvalue weighted by molar-refractivity contribution is 6.04. The van der Waals surface area contributed by atoms with Crippen molar-refractivity contribution in [3.05, 3.63) is 28.8 Å². The number of ketones is 1. The molecule has 0 aromatic heterocycles. The maximum atomic E-state index is 12.7. The minimum atomic E-state index is -0.613. The zero-order chi connectivity index (χ0) is 16.0. The Kier molecular flexibility index (Phi) is 6.37. The molecule has 0 amide bonds. The second-order valence-electron chi connectivity index (χ2n) is 4.92. The van der Waals surface area contributed by atoms with E-state index in [0.717, 1.165) is 11.1 Å². The van der Waals surface area contributed by atoms with Gasteiger partial charge in [-0.25, -0.2) is 0 Å². The average Bonchev–Trinajstić information content (AvgIpc) is 2.45. The molecule has 1 aromatic carbocycles. The maximum Gasteiger partial charge on any atom is 0.307 e. The van der Waals surface area contributed by atoms with Crippen molar-refractivity contribution in [2.45, 2.75) is 33.2 Å². The third-order valence-corrected chi connectivity index (χ3v) is 3.25. The Hall–Kier alpha value is -1.88. The fraction of sp³-hybridized carbons (Fsp3) is 0.500. The van der Waals surface area contributed by atoms with Gasteiger partial charge in [-0.1, -0.05) is 13.0 Å². The van der Waals surface area contributed by atoms with E-state index in [0.29, 0.717) is 17.9 Å². The number of hydrogen-bond donors (Lipinski definition) is 1. The SMILES string of the molecule is CCNC(CC(=O)OC)C(=O)c1cc(C)cc(C)c1OC. The normalized spacial score (nSPS) is 11.9. The summed E-state index contributed by atoms with van der Waals surface area (Å²) in [7, 11) is 2.85. The minimum Gasteiger partial charge on any atom is -0.496 e. The molecule has 0 radical (unpaired) electrons. The highest BCUT2D eigenvalue weighted by Gasteiger charge is 2.26. The molecule has 0 spiro atoms. The van der Waals surface area contributed by atoms with Crippen LogP contribution >= 0.6 is 0 Å². The summed E-state index contributed by atoms with van der Waals surface area (Å²) in [5.74, 6) is -0.0260. The van der Waals surface area contributed by atoms with Crippen LogP contribution in [0.4, 0.5) is 0 Å². The monoisotopic (exact) mass is 293 g/mol. The zero-order valence-electron chi connectivity index (χ0n) is 13.3. The molecule has 0 aliphatic heterocycles. The van der Waals surface area contributed by atoms with E-state index in [9.17, 15) is 9.59 Å². The van der Waals surface area contributed by atoms with E-state index in [2.05, 4.69) is 10.1 Å². The number of Topliss-reactive ketones (excluding diaryl/α,β-unsaturated/α-hetero) is 1. The van der Waals surface area contributed by atoms with Gasteiger partial charge in [0.2, 0.25) is 0 Å². The Labute approximate surface area is 125 Å². The van der Waals surface area contributed by atoms with E-state index >= 15 is 0 Å². The Morgan fingerprint density at radius 2 is 1.90 bits per heavy atom. The first kappa shape index (κ1) is 17.2. The summed E-state index contributed by atoms with van der Waals surface area (Å²) in [6, 6.07) is 3.13. The van der Waals surface area contributed by atoms with Crippen molar-refractivity contribution in [1.82, 2.24) is 5.32 Å². The average molecular weight is 293 g/mol. The number of esters is 1. The minimum absolute atomic E-state index is 0.000677. The van der Waals surface area contributed by atoms with E-state index in [1.807, 2.05) is 26.8 Å². The van der Waals surface area contributed by atoms with Gasteiger partial charge in [-0.15, -0.1) is 0 Å². The molecule has 21 heavy (non-hydrogen) atoms. The Bertz CT molecular complexity index is 525. The lowest BCUT2D eigenvalue weighted by atomic mass is 9.96. The summed E-state index contributed by atoms with van der Waals surface area (Å²) in [6.07, 6.45) is -0.000677. The number of hydrogen-bond acceptors (Lipinski definition) is 5. The van der Waals surface area contributed by atoms with Crippen LogP contribution < -0.4 is 10.1 Å². The maximum absolute atomic E-state index is 12.7. The molecule has 1 aromatic rings. The number of benzene rings is 1. The third kappa shape index (κ3) is 4.29. The first-order chi connectivity index (χ1) is 9.94. The summed E-state index contributed by atoms with van der Waals surface area (Å²) in [5.41, 5.74) is 2.36. The third-order valence-electron chi connectivity index (χ3n) is 3.25. The lowest BCUT2D eigenvalue weighted by Gasteiger charge is -2.18. The van der Waals surface area contributed by atoms with Gasteiger partial charge in [0.1, 0.15) is 5.75 Å². The molecule has 1 atom stereocenters. The molecule has 0 saturated heterocycles. The van der Waals surface area contributed by atoms with Gasteiger partial charge < -0.3 is 14.8 Å². The molecule has 0 saturated carbocycles. The summed E-state index contributed by atoms with van der Waals surface area (Å²) in [4.78, 5) is 24.2. The van der Waals surface area contributed by atoms with Crippen molar-refractivity contribution in [2.24, 2.45) is 0 Å². The number of rotatable bonds is 7. The van der Waals surface area contributed by atoms with Crippen LogP contribution in [-0.4, -0.2) is 38.6 Å². The Balaban J connectivity index is 3.16. The van der Waals surface area contributed by atoms with Crippen molar-refractivity contribution in [1.29, 1.82) is 0 Å². The number of likely N-dealkylation sites (N-methyl/N-ethyl adjacent to an activating group) is 1. The molecular weight excluding hydrogens is 270 g/mol. The first-order valence-corrected chi connectivity index (χ1v) is 6.94. The number of carbonyl (C=O) groups is 2. The molecule has 1 rings (SSSR count). The second-order valence-corrected chi connectivity index (χ2v) is 4.92. The second kappa shape index (κ2) is 7.78. The van der Waals surface area contributed by atoms with E-state index in [1.54, 1.807) is 6.07 Å². The van der Waals surface area contributed by atoms with Gasteiger partial charge in [-0.3, -0.25) is 9.59 Å². The fourth-order valence-electron chi connectivity index (χ4n) is 2.35. The molecule has 0 bridgehead atoms. The van der Waals surface area contributed by atoms with E-state index in [4.69, 9.17) is 4.74 Å². The number of carbonyl (C=O) groups excluding carboxylic acids is 2. The van der Waals surface area contributed by atoms with Crippen molar-refractivity contribution in [3.8, 4) is 5.75 Å². The molecule has 116 valence electrons. The molecule has 5 heteroatoms. The highest BCUT2D eigenvalue weighted by Crippen LogP contribution is 2.26. The van der Waals surface area contributed by atoms with E-state index in [-0.39, 0.29) is 12.2 Å². The van der Waals surface area contributed by atoms with E-state index < -0.39 is 12.0 Å². The van der Waals surface area contributed by atoms with E-state index in [1.165, 1.54) is 14.2 Å². The van der Waals surface area contributed by atoms with Crippen LogP contribution in [0.5, 0.6) is 5.75 Å². The summed E-state index contributed by atoms with van der Waals surface area (Å²) in [5, 5.41) is 3.03. The van der Waals surface area contributed by atoms with Crippen LogP contribution in [0.2, 0.25) is 0 Å². The van der Waals surface area contributed by atoms with Gasteiger partial charge in [-0.05, 0) is 37.6 Å². The summed E-state index contributed by atoms with van der Waals surface area (Å²) >= 11 is 0. The molecule has 5 nitrogen and oxygen atoms in total. The lowest BCUT2D eigenvalue weighted by molar-refractivity contribution is -0.140. The molecule has 1 N–H and O–H groups in total. The van der Waals surface area contributed by atoms with Crippen LogP contribution in [-0.2, 0) is 9.53 Å². The number of methoxy groups -OCH3 is 2. The lowest BCUT2D eigenvalue weighted by Crippen LogP contribution is -2.39. The molecule has 0 heterocycles. The summed E-state index contributed by atoms with van der Waals surface area (Å²) < 4.78 is 10.0. The summed E-state index contributed by atoms with van der Waals surface area (Å²) in [6.45, 7) is 6.29. The zero-order valence-corrected chi connectivity index (χ0v) is 13.3. The van der Waals surface area contributed by atoms with Crippen molar-refractivity contribution in [2.75, 3.05) is 20.8 Å². The molecule has 0 aliphatic rings. The largest absolute Gasteiger partial charge is 0.496 e. The topological polar surface area (TPSA) is 64.6 Å². The molecule has 0 fully saturated rings. The predicted molar refractivity (Wildman–Crippen MR) is 80.9 cm³/mol. The quantitative estimate of drug-likeness (QED) is 0.615. The van der Waals surface area contributed by atoms with Crippen LogP contribution in [0, 0.1) is 13.8 Å². The van der Waals surface area contributed by atoms with Crippen LogP contribution in [0.25, 0.3) is 0 Å². The number of aryl methyl sites for hydroxylation is 2. The van der Waals surface area contributed by atoms with Crippen LogP contribution in [0.1, 0.15) is 34.8 Å². The highest BCUT2D eigenvalue weighted by atomic mass is 16.5. The smallest absolute Gasteiger partial charge is 0.307 e. The number of nitrogens with one attached hydrogen (secondary N) is 1. The first-order valence-electron chi connectivity index (χ1n) is 6.94. The van der Waals surface area contributed by atoms with Gasteiger partial charge >= 0.3 is 5.97 Å². The van der Waals surface area contributed by atoms with Crippen LogP contribution in [0.3, 0.4) is 0 Å². The molecule has 1 unspecified atom stereocenters. The van der Waals surface area contributed by atoms with Crippen LogP contribution in [0.15, 0.2) is 12.1 Å². The molecular formula is C16H23NO4. The number of ether oxygens (including phenoxy) is 2. The fourth-order valence-corrected chi connectivity index (χ4v) is 2.35. The van der Waals surface area contributed by atoms with Gasteiger partial charge in [0.25, 0.3) is 0 Å². The van der Waals surface area contributed by atoms with Gasteiger partial charge in [0, 0.05) is 0 Å². The van der Waals surface area contributed by atoms with Crippen molar-refractivity contribution >= 4 is 11.8 Å². The van der Waals surface area contributed by atoms with Gasteiger partial charge in [0.05, 0.1) is 32.2 Å². The Morgan fingerprint density at radius 3 is 2.43 bits per heavy atom. The standard InChI is InChI=1S/C16H23NO4/c1-6-17-13(9-14(18)20-4)15(19)12-8-10(2)7-11(3)16(12)21-5/h7-8,13,17H,6,9H2,1-5H3. The van der Waals surface area contributed by atoms with Gasteiger partial charge in [-0.2, -0.15) is 0 Å². The van der Waals surface area contributed by atoms with Crippen molar-refractivity contribution < 1.29 is 19.1 Å². The Morgan fingerprint density at radius 1 is 1.24 bits per heavy atom. The van der Waals surface area contributed by atoms with Gasteiger partial charge in [0.15, 0.2) is 5.78 Å². The predicted octanol–water partition coefficient (Wildman–Crippen LogP) is 2.04. The van der Waals surface area contributed by atoms with Crippen molar-refractivity contribution in [3.63, 3.8) is 0 Å². The molecule has 0 aliphatic carbocycles.